The lowest BCUT2D eigenvalue weighted by Gasteiger charge is -2.12. The molecule has 0 saturated carbocycles. The quantitative estimate of drug-likeness (QED) is 0.347. The minimum atomic E-state index is -0.306. The zero-order valence-electron chi connectivity index (χ0n) is 16.5. The van der Waals surface area contributed by atoms with Crippen molar-refractivity contribution in [2.75, 3.05) is 0 Å². The van der Waals surface area contributed by atoms with Gasteiger partial charge < -0.3 is 0 Å². The van der Waals surface area contributed by atoms with Crippen molar-refractivity contribution < 1.29 is 9.59 Å². The van der Waals surface area contributed by atoms with Crippen LogP contribution in [0, 0.1) is 6.92 Å². The molecule has 1 aliphatic heterocycles. The van der Waals surface area contributed by atoms with Gasteiger partial charge in [-0.05, 0) is 72.3 Å². The molecule has 156 valence electrons. The molecule has 1 saturated heterocycles. The molecule has 0 N–H and O–H groups in total. The summed E-state index contributed by atoms with van der Waals surface area (Å²) >= 11 is 14.6. The molecule has 1 fully saturated rings. The molecule has 4 rings (SSSR count). The number of amides is 2. The van der Waals surface area contributed by atoms with E-state index in [1.165, 1.54) is 15.4 Å². The van der Waals surface area contributed by atoms with Crippen molar-refractivity contribution in [1.82, 2.24) is 4.90 Å². The number of thioether (sulfide) groups is 1. The van der Waals surface area contributed by atoms with Crippen molar-refractivity contribution in [2.24, 2.45) is 0 Å². The molecule has 0 spiro atoms. The second-order valence-corrected chi connectivity index (χ2v) is 9.95. The first kappa shape index (κ1) is 22.0. The molecule has 1 aliphatic rings. The van der Waals surface area contributed by atoms with Crippen LogP contribution in [0.4, 0.5) is 4.79 Å². The maximum Gasteiger partial charge on any atom is 0.293 e. The number of halogens is 2. The van der Waals surface area contributed by atoms with E-state index in [1.54, 1.807) is 36.0 Å². The van der Waals surface area contributed by atoms with E-state index < -0.39 is 0 Å². The third-order valence-corrected chi connectivity index (χ3v) is 7.29. The summed E-state index contributed by atoms with van der Waals surface area (Å²) in [6, 6.07) is 21.4. The fourth-order valence-electron chi connectivity index (χ4n) is 2.98. The molecule has 0 aliphatic carbocycles. The number of hydrogen-bond acceptors (Lipinski definition) is 4. The maximum atomic E-state index is 12.8. The van der Waals surface area contributed by atoms with Crippen LogP contribution in [0.15, 0.2) is 81.4 Å². The Kier molecular flexibility index (Phi) is 6.77. The molecule has 0 aromatic heterocycles. The van der Waals surface area contributed by atoms with Crippen molar-refractivity contribution in [3.8, 4) is 0 Å². The molecule has 3 nitrogen and oxygen atoms in total. The lowest BCUT2D eigenvalue weighted by atomic mass is 10.2. The Balaban J connectivity index is 1.45. The lowest BCUT2D eigenvalue weighted by molar-refractivity contribution is -0.123. The fraction of sp³-hybridized carbons (Fsp3) is 0.0833. The van der Waals surface area contributed by atoms with Crippen molar-refractivity contribution in [3.63, 3.8) is 0 Å². The highest BCUT2D eigenvalue weighted by atomic mass is 35.5. The number of carbonyl (C=O) groups is 2. The molecule has 2 amide bonds. The van der Waals surface area contributed by atoms with Crippen LogP contribution in [-0.2, 0) is 11.3 Å². The smallest absolute Gasteiger partial charge is 0.268 e. The number of imide groups is 1. The Bertz CT molecular complexity index is 1180. The number of rotatable bonds is 5. The summed E-state index contributed by atoms with van der Waals surface area (Å²) in [7, 11) is 0. The van der Waals surface area contributed by atoms with Gasteiger partial charge in [0.25, 0.3) is 11.1 Å². The predicted molar refractivity (Wildman–Crippen MR) is 130 cm³/mol. The topological polar surface area (TPSA) is 37.4 Å². The molecule has 31 heavy (non-hydrogen) atoms. The summed E-state index contributed by atoms with van der Waals surface area (Å²) in [4.78, 5) is 29.1. The largest absolute Gasteiger partial charge is 0.293 e. The Hall–Kier alpha value is -2.18. The average molecular weight is 486 g/mol. The number of benzene rings is 3. The summed E-state index contributed by atoms with van der Waals surface area (Å²) in [5.74, 6) is -0.306. The number of aryl methyl sites for hydroxylation is 1. The summed E-state index contributed by atoms with van der Waals surface area (Å²) in [6.45, 7) is 2.22. The van der Waals surface area contributed by atoms with Crippen LogP contribution in [0.2, 0.25) is 10.0 Å². The standard InChI is InChI=1S/C24H17Cl2NO2S2/c1-15-2-7-18(8-3-15)30-19-9-4-16(5-10-19)13-22-23(28)27(24(29)31-22)14-17-6-11-20(25)21(26)12-17/h2-13H,14H2,1H3/b22-13-. The van der Waals surface area contributed by atoms with Crippen LogP contribution in [-0.4, -0.2) is 16.0 Å². The Morgan fingerprint density at radius 1 is 0.903 bits per heavy atom. The first-order chi connectivity index (χ1) is 14.9. The Morgan fingerprint density at radius 2 is 1.55 bits per heavy atom. The van der Waals surface area contributed by atoms with Gasteiger partial charge in [0.1, 0.15) is 0 Å². The van der Waals surface area contributed by atoms with Crippen molar-refractivity contribution in [2.45, 2.75) is 23.3 Å². The fourth-order valence-corrected chi connectivity index (χ4v) is 4.96. The monoisotopic (exact) mass is 485 g/mol. The highest BCUT2D eigenvalue weighted by Gasteiger charge is 2.35. The van der Waals surface area contributed by atoms with Gasteiger partial charge in [0.2, 0.25) is 0 Å². The molecule has 0 bridgehead atoms. The van der Waals surface area contributed by atoms with Crippen LogP contribution in [0.1, 0.15) is 16.7 Å². The van der Waals surface area contributed by atoms with Gasteiger partial charge in [0.15, 0.2) is 0 Å². The van der Waals surface area contributed by atoms with E-state index in [-0.39, 0.29) is 17.7 Å². The Morgan fingerprint density at radius 3 is 2.19 bits per heavy atom. The first-order valence-corrected chi connectivity index (χ1v) is 11.8. The molecule has 0 unspecified atom stereocenters. The highest BCUT2D eigenvalue weighted by Crippen LogP contribution is 2.35. The van der Waals surface area contributed by atoms with Crippen LogP contribution in [0.3, 0.4) is 0 Å². The number of hydrogen-bond donors (Lipinski definition) is 0. The normalized spacial score (nSPS) is 15.2. The van der Waals surface area contributed by atoms with Crippen molar-refractivity contribution in [1.29, 1.82) is 0 Å². The SMILES string of the molecule is Cc1ccc(Sc2ccc(/C=C3\SC(=O)N(Cc4ccc(Cl)c(Cl)c4)C3=O)cc2)cc1. The summed E-state index contributed by atoms with van der Waals surface area (Å²) < 4.78 is 0. The zero-order chi connectivity index (χ0) is 22.0. The van der Waals surface area contributed by atoms with Crippen LogP contribution < -0.4 is 0 Å². The van der Waals surface area contributed by atoms with Gasteiger partial charge >= 0.3 is 0 Å². The summed E-state index contributed by atoms with van der Waals surface area (Å²) in [6.07, 6.45) is 1.75. The first-order valence-electron chi connectivity index (χ1n) is 9.43. The van der Waals surface area contributed by atoms with Gasteiger partial charge in [-0.3, -0.25) is 14.5 Å². The van der Waals surface area contributed by atoms with Crippen molar-refractivity contribution >= 4 is 63.9 Å². The van der Waals surface area contributed by atoms with Gasteiger partial charge in [0.05, 0.1) is 21.5 Å². The average Bonchev–Trinajstić information content (AvgIpc) is 3.01. The molecular formula is C24H17Cl2NO2S2. The zero-order valence-corrected chi connectivity index (χ0v) is 19.6. The van der Waals surface area contributed by atoms with Gasteiger partial charge in [0, 0.05) is 9.79 Å². The van der Waals surface area contributed by atoms with Crippen LogP contribution >= 0.6 is 46.7 Å². The number of nitrogens with zero attached hydrogens (tertiary/aromatic N) is 1. The van der Waals surface area contributed by atoms with E-state index in [0.717, 1.165) is 27.8 Å². The minimum absolute atomic E-state index is 0.158. The summed E-state index contributed by atoms with van der Waals surface area (Å²) in [5.41, 5.74) is 2.84. The van der Waals surface area contributed by atoms with E-state index in [9.17, 15) is 9.59 Å². The van der Waals surface area contributed by atoms with Gasteiger partial charge in [-0.25, -0.2) is 0 Å². The molecular weight excluding hydrogens is 469 g/mol. The van der Waals surface area contributed by atoms with E-state index >= 15 is 0 Å². The van der Waals surface area contributed by atoms with Crippen LogP contribution in [0.5, 0.6) is 0 Å². The molecule has 0 radical (unpaired) electrons. The van der Waals surface area contributed by atoms with Gasteiger partial charge in [-0.15, -0.1) is 0 Å². The Labute approximate surface area is 199 Å². The van der Waals surface area contributed by atoms with E-state index in [0.29, 0.717) is 15.0 Å². The second kappa shape index (κ2) is 9.53. The van der Waals surface area contributed by atoms with E-state index in [1.807, 2.05) is 24.3 Å². The second-order valence-electron chi connectivity index (χ2n) is 7.00. The molecule has 0 atom stereocenters. The predicted octanol–water partition coefficient (Wildman–Crippen LogP) is 7.69. The van der Waals surface area contributed by atoms with Crippen molar-refractivity contribution in [3.05, 3.63) is 98.4 Å². The maximum absolute atomic E-state index is 12.8. The molecule has 7 heteroatoms. The van der Waals surface area contributed by atoms with Crippen LogP contribution in [0.25, 0.3) is 6.08 Å². The molecule has 3 aromatic carbocycles. The lowest BCUT2D eigenvalue weighted by Crippen LogP contribution is -2.27. The van der Waals surface area contributed by atoms with E-state index in [4.69, 9.17) is 23.2 Å². The van der Waals surface area contributed by atoms with E-state index in [2.05, 4.69) is 31.2 Å². The number of carbonyl (C=O) groups excluding carboxylic acids is 2. The molecule has 3 aromatic rings. The summed E-state index contributed by atoms with van der Waals surface area (Å²) in [5, 5.41) is 0.530. The highest BCUT2D eigenvalue weighted by molar-refractivity contribution is 8.18. The molecule has 1 heterocycles. The third kappa shape index (κ3) is 5.36. The van der Waals surface area contributed by atoms with Gasteiger partial charge in [-0.1, -0.05) is 70.9 Å². The third-order valence-electron chi connectivity index (χ3n) is 4.63. The van der Waals surface area contributed by atoms with Gasteiger partial charge in [-0.2, -0.15) is 0 Å². The minimum Gasteiger partial charge on any atom is -0.268 e.